The van der Waals surface area contributed by atoms with Gasteiger partial charge in [0.05, 0.1) is 6.61 Å². The Hall–Kier alpha value is -1.35. The molecule has 0 aliphatic rings. The van der Waals surface area contributed by atoms with Crippen molar-refractivity contribution in [1.82, 2.24) is 4.90 Å². The van der Waals surface area contributed by atoms with Gasteiger partial charge in [-0.15, -0.1) is 0 Å². The van der Waals surface area contributed by atoms with Crippen LogP contribution in [0.25, 0.3) is 0 Å². The van der Waals surface area contributed by atoms with Crippen molar-refractivity contribution in [3.8, 4) is 0 Å². The van der Waals surface area contributed by atoms with Crippen LogP contribution in [0.5, 0.6) is 0 Å². The quantitative estimate of drug-likeness (QED) is 0.563. The zero-order valence-corrected chi connectivity index (χ0v) is 13.2. The van der Waals surface area contributed by atoms with Gasteiger partial charge in [-0.05, 0) is 18.4 Å². The lowest BCUT2D eigenvalue weighted by Crippen LogP contribution is -2.31. The van der Waals surface area contributed by atoms with Crippen molar-refractivity contribution in [2.75, 3.05) is 13.2 Å². The summed E-state index contributed by atoms with van der Waals surface area (Å²) in [5.74, 6) is 0.184. The van der Waals surface area contributed by atoms with Crippen molar-refractivity contribution in [3.05, 3.63) is 35.9 Å². The smallest absolute Gasteiger partial charge is 0.222 e. The zero-order valence-electron chi connectivity index (χ0n) is 13.2. The standard InChI is InChI=1S/C18H28NO2/c1-2-3-4-5-9-13-18(21)19(14-10-15-20)16-17-11-7-6-8-12-17/h6-8,11-12H,2-5,9-10,13-16H2,1H3. The van der Waals surface area contributed by atoms with Crippen LogP contribution in [0.1, 0.15) is 57.4 Å². The molecule has 0 bridgehead atoms. The Kier molecular flexibility index (Phi) is 9.55. The fraction of sp³-hybridized carbons (Fsp3) is 0.611. The Balaban J connectivity index is 2.42. The normalized spacial score (nSPS) is 10.6. The minimum atomic E-state index is -0.116. The Labute approximate surface area is 129 Å². The van der Waals surface area contributed by atoms with Gasteiger partial charge in [0, 0.05) is 19.5 Å². The number of benzene rings is 1. The first kappa shape index (κ1) is 17.7. The number of carbonyl (C=O) groups is 1. The number of amides is 1. The van der Waals surface area contributed by atoms with Crippen LogP contribution in [0.4, 0.5) is 0 Å². The van der Waals surface area contributed by atoms with E-state index < -0.39 is 0 Å². The summed E-state index contributed by atoms with van der Waals surface area (Å²) < 4.78 is 0. The van der Waals surface area contributed by atoms with Gasteiger partial charge in [0.2, 0.25) is 5.91 Å². The van der Waals surface area contributed by atoms with E-state index in [9.17, 15) is 9.90 Å². The van der Waals surface area contributed by atoms with Gasteiger partial charge in [-0.3, -0.25) is 4.79 Å². The third-order valence-corrected chi connectivity index (χ3v) is 3.64. The number of nitrogens with zero attached hydrogens (tertiary/aromatic N) is 1. The first-order valence-electron chi connectivity index (χ1n) is 8.17. The van der Waals surface area contributed by atoms with E-state index in [1.54, 1.807) is 0 Å². The third-order valence-electron chi connectivity index (χ3n) is 3.64. The van der Waals surface area contributed by atoms with Gasteiger partial charge in [0.1, 0.15) is 0 Å². The summed E-state index contributed by atoms with van der Waals surface area (Å²) in [5.41, 5.74) is 1.13. The molecule has 0 saturated heterocycles. The molecule has 0 fully saturated rings. The van der Waals surface area contributed by atoms with E-state index in [4.69, 9.17) is 0 Å². The topological polar surface area (TPSA) is 40.2 Å². The number of carbonyl (C=O) groups excluding carboxylic acids is 1. The molecule has 1 rings (SSSR count). The van der Waals surface area contributed by atoms with Gasteiger partial charge in [-0.2, -0.15) is 0 Å². The molecule has 0 aliphatic heterocycles. The summed E-state index contributed by atoms with van der Waals surface area (Å²) in [4.78, 5) is 14.2. The average Bonchev–Trinajstić information content (AvgIpc) is 2.52. The molecule has 0 N–H and O–H groups in total. The number of rotatable bonds is 11. The molecule has 3 nitrogen and oxygen atoms in total. The van der Waals surface area contributed by atoms with Crippen molar-refractivity contribution < 1.29 is 9.90 Å². The molecular formula is C18H28NO2. The third kappa shape index (κ3) is 7.86. The SMILES string of the molecule is CCCCCCCC(=O)N(CCC[O])Cc1ccccc1. The van der Waals surface area contributed by atoms with Gasteiger partial charge >= 0.3 is 0 Å². The molecule has 1 radical (unpaired) electrons. The lowest BCUT2D eigenvalue weighted by molar-refractivity contribution is -0.132. The van der Waals surface area contributed by atoms with Crippen molar-refractivity contribution in [2.45, 2.75) is 58.4 Å². The van der Waals surface area contributed by atoms with E-state index in [1.165, 1.54) is 19.3 Å². The highest BCUT2D eigenvalue weighted by molar-refractivity contribution is 5.76. The Morgan fingerprint density at radius 2 is 1.71 bits per heavy atom. The van der Waals surface area contributed by atoms with Crippen LogP contribution >= 0.6 is 0 Å². The van der Waals surface area contributed by atoms with Crippen molar-refractivity contribution in [2.24, 2.45) is 0 Å². The highest BCUT2D eigenvalue weighted by Gasteiger charge is 2.13. The van der Waals surface area contributed by atoms with Crippen LogP contribution < -0.4 is 0 Å². The molecule has 21 heavy (non-hydrogen) atoms. The lowest BCUT2D eigenvalue weighted by atomic mass is 10.1. The minimum absolute atomic E-state index is 0.116. The summed E-state index contributed by atoms with van der Waals surface area (Å²) in [7, 11) is 0. The Morgan fingerprint density at radius 3 is 2.38 bits per heavy atom. The average molecular weight is 290 g/mol. The molecule has 1 aromatic carbocycles. The summed E-state index contributed by atoms with van der Waals surface area (Å²) in [6.45, 7) is 3.27. The molecule has 0 saturated carbocycles. The lowest BCUT2D eigenvalue weighted by Gasteiger charge is -2.22. The van der Waals surface area contributed by atoms with Crippen LogP contribution in [-0.4, -0.2) is 24.0 Å². The zero-order chi connectivity index (χ0) is 15.3. The molecule has 117 valence electrons. The van der Waals surface area contributed by atoms with Crippen molar-refractivity contribution in [1.29, 1.82) is 0 Å². The van der Waals surface area contributed by atoms with Gasteiger partial charge < -0.3 is 4.90 Å². The van der Waals surface area contributed by atoms with Crippen LogP contribution in [0.3, 0.4) is 0 Å². The predicted octanol–water partition coefficient (Wildman–Crippen LogP) is 4.20. The molecule has 1 amide bonds. The second kappa shape index (κ2) is 11.3. The van der Waals surface area contributed by atoms with Crippen LogP contribution in [-0.2, 0) is 16.4 Å². The molecule has 1 aromatic rings. The van der Waals surface area contributed by atoms with Crippen molar-refractivity contribution >= 4 is 5.91 Å². The fourth-order valence-corrected chi connectivity index (χ4v) is 2.39. The second-order valence-electron chi connectivity index (χ2n) is 5.52. The van der Waals surface area contributed by atoms with E-state index >= 15 is 0 Å². The molecule has 0 unspecified atom stereocenters. The maximum Gasteiger partial charge on any atom is 0.222 e. The number of hydrogen-bond donors (Lipinski definition) is 0. The van der Waals surface area contributed by atoms with Gasteiger partial charge in [-0.25, -0.2) is 5.11 Å². The number of hydrogen-bond acceptors (Lipinski definition) is 1. The molecule has 0 spiro atoms. The largest absolute Gasteiger partial charge is 0.338 e. The minimum Gasteiger partial charge on any atom is -0.338 e. The van der Waals surface area contributed by atoms with Crippen LogP contribution in [0, 0.1) is 0 Å². The van der Waals surface area contributed by atoms with Gasteiger partial charge in [-0.1, -0.05) is 62.9 Å². The first-order chi connectivity index (χ1) is 10.3. The predicted molar refractivity (Wildman–Crippen MR) is 85.4 cm³/mol. The highest BCUT2D eigenvalue weighted by Crippen LogP contribution is 2.10. The summed E-state index contributed by atoms with van der Waals surface area (Å²) in [6.07, 6.45) is 6.91. The maximum absolute atomic E-state index is 12.3. The molecule has 3 heteroatoms. The Bertz CT molecular complexity index is 378. The molecule has 0 heterocycles. The highest BCUT2D eigenvalue weighted by atomic mass is 16.3. The van der Waals surface area contributed by atoms with E-state index in [1.807, 2.05) is 35.2 Å². The molecule has 0 atom stereocenters. The van der Waals surface area contributed by atoms with E-state index in [2.05, 4.69) is 6.92 Å². The molecular weight excluding hydrogens is 262 g/mol. The fourth-order valence-electron chi connectivity index (χ4n) is 2.39. The number of unbranched alkanes of at least 4 members (excludes halogenated alkanes) is 4. The summed E-state index contributed by atoms with van der Waals surface area (Å²) in [6, 6.07) is 9.99. The summed E-state index contributed by atoms with van der Waals surface area (Å²) in [5, 5.41) is 10.7. The second-order valence-corrected chi connectivity index (χ2v) is 5.52. The monoisotopic (exact) mass is 290 g/mol. The van der Waals surface area contributed by atoms with E-state index in [0.717, 1.165) is 18.4 Å². The van der Waals surface area contributed by atoms with Gasteiger partial charge in [0.25, 0.3) is 0 Å². The molecule has 0 aromatic heterocycles. The van der Waals surface area contributed by atoms with Crippen LogP contribution in [0.2, 0.25) is 0 Å². The van der Waals surface area contributed by atoms with Crippen LogP contribution in [0.15, 0.2) is 30.3 Å². The van der Waals surface area contributed by atoms with Crippen molar-refractivity contribution in [3.63, 3.8) is 0 Å². The van der Waals surface area contributed by atoms with E-state index in [-0.39, 0.29) is 12.5 Å². The Morgan fingerprint density at radius 1 is 1.00 bits per heavy atom. The summed E-state index contributed by atoms with van der Waals surface area (Å²) >= 11 is 0. The molecule has 0 aliphatic carbocycles. The maximum atomic E-state index is 12.3. The van der Waals surface area contributed by atoms with Gasteiger partial charge in [0.15, 0.2) is 0 Å². The van der Waals surface area contributed by atoms with E-state index in [0.29, 0.717) is 25.9 Å². The first-order valence-corrected chi connectivity index (χ1v) is 8.17.